The fourth-order valence-electron chi connectivity index (χ4n) is 4.59. The van der Waals surface area contributed by atoms with Gasteiger partial charge in [-0.3, -0.25) is 9.69 Å². The Morgan fingerprint density at radius 2 is 1.42 bits per heavy atom. The first-order valence-electron chi connectivity index (χ1n) is 12.1. The summed E-state index contributed by atoms with van der Waals surface area (Å²) in [5.74, 6) is -3.26. The molecule has 1 heterocycles. The number of cyclic esters (lactones) is 1. The third kappa shape index (κ3) is 5.22. The van der Waals surface area contributed by atoms with E-state index in [9.17, 15) is 19.2 Å². The van der Waals surface area contributed by atoms with E-state index >= 15 is 0 Å². The second kappa shape index (κ2) is 11.6. The van der Waals surface area contributed by atoms with Crippen LogP contribution in [0.5, 0.6) is 0 Å². The van der Waals surface area contributed by atoms with Gasteiger partial charge in [0.25, 0.3) is 5.54 Å². The van der Waals surface area contributed by atoms with Crippen molar-refractivity contribution < 1.29 is 33.4 Å². The number of primary amides is 1. The summed E-state index contributed by atoms with van der Waals surface area (Å²) in [5, 5.41) is 0. The molecule has 0 radical (unpaired) electrons. The zero-order valence-electron chi connectivity index (χ0n) is 20.8. The van der Waals surface area contributed by atoms with E-state index in [0.717, 1.165) is 4.90 Å². The lowest BCUT2D eigenvalue weighted by Gasteiger charge is -2.49. The van der Waals surface area contributed by atoms with Gasteiger partial charge in [-0.25, -0.2) is 14.4 Å². The van der Waals surface area contributed by atoms with Crippen molar-refractivity contribution in [1.82, 2.24) is 4.90 Å². The summed E-state index contributed by atoms with van der Waals surface area (Å²) >= 11 is 0. The molecule has 2 N–H and O–H groups in total. The Kier molecular flexibility index (Phi) is 8.06. The molecule has 0 unspecified atom stereocenters. The highest BCUT2D eigenvalue weighted by Gasteiger charge is 2.64. The fraction of sp³-hybridized carbons (Fsp3) is 0.241. The van der Waals surface area contributed by atoms with Gasteiger partial charge in [0.05, 0.1) is 13.0 Å². The maximum Gasteiger partial charge on any atom is 0.412 e. The average Bonchev–Trinajstić information content (AvgIpc) is 2.93. The molecule has 3 atom stereocenters. The number of esters is 2. The van der Waals surface area contributed by atoms with Crippen LogP contribution in [0.3, 0.4) is 0 Å². The highest BCUT2D eigenvalue weighted by atomic mass is 16.6. The summed E-state index contributed by atoms with van der Waals surface area (Å²) in [6, 6.07) is 25.4. The molecule has 38 heavy (non-hydrogen) atoms. The number of ether oxygens (including phenoxy) is 3. The quantitative estimate of drug-likeness (QED) is 0.274. The Balaban J connectivity index is 1.90. The second-order valence-electron chi connectivity index (χ2n) is 8.73. The molecule has 3 aromatic carbocycles. The van der Waals surface area contributed by atoms with Crippen molar-refractivity contribution in [2.75, 3.05) is 6.61 Å². The summed E-state index contributed by atoms with van der Waals surface area (Å²) < 4.78 is 16.7. The topological polar surface area (TPSA) is 125 Å². The molecule has 0 aromatic heterocycles. The molecule has 0 bridgehead atoms. The van der Waals surface area contributed by atoms with Crippen LogP contribution in [-0.2, 0) is 35.2 Å². The zero-order chi connectivity index (χ0) is 27.1. The van der Waals surface area contributed by atoms with Crippen molar-refractivity contribution in [3.63, 3.8) is 0 Å². The molecule has 1 aliphatic rings. The van der Waals surface area contributed by atoms with Crippen LogP contribution in [-0.4, -0.2) is 41.0 Å². The number of hydrogen-bond acceptors (Lipinski definition) is 7. The predicted molar refractivity (Wildman–Crippen MR) is 136 cm³/mol. The normalized spacial score (nSPS) is 20.8. The first kappa shape index (κ1) is 26.4. The summed E-state index contributed by atoms with van der Waals surface area (Å²) in [7, 11) is 0. The number of nitrogens with zero attached hydrogens (tertiary/aromatic N) is 1. The molecule has 4 rings (SSSR count). The molecule has 0 spiro atoms. The summed E-state index contributed by atoms with van der Waals surface area (Å²) in [5.41, 5.74) is 4.84. The lowest BCUT2D eigenvalue weighted by atomic mass is 9.83. The lowest BCUT2D eigenvalue weighted by molar-refractivity contribution is -0.199. The predicted octanol–water partition coefficient (Wildman–Crippen LogP) is 3.84. The van der Waals surface area contributed by atoms with Crippen molar-refractivity contribution in [1.29, 1.82) is 0 Å². The number of rotatable bonds is 8. The van der Waals surface area contributed by atoms with Crippen molar-refractivity contribution >= 4 is 23.9 Å². The molecule has 9 heteroatoms. The van der Waals surface area contributed by atoms with Gasteiger partial charge in [0.1, 0.15) is 12.6 Å². The van der Waals surface area contributed by atoms with E-state index in [0.29, 0.717) is 16.7 Å². The van der Waals surface area contributed by atoms with E-state index < -0.39 is 48.0 Å². The Morgan fingerprint density at radius 1 is 0.868 bits per heavy atom. The molecule has 1 aliphatic heterocycles. The molecule has 196 valence electrons. The summed E-state index contributed by atoms with van der Waals surface area (Å²) in [4.78, 5) is 54.4. The SMILES string of the molecule is CCOC(=O)[C@]1(CC(N)=O)C(=O)O[C@@H](c2ccccc2)[C@@H](c2ccccc2)N1C(=O)OCc1ccccc1. The number of carbonyl (C=O) groups is 4. The van der Waals surface area contributed by atoms with E-state index in [1.807, 2.05) is 6.07 Å². The Bertz CT molecular complexity index is 1280. The molecular formula is C29H28N2O7. The monoisotopic (exact) mass is 516 g/mol. The lowest BCUT2D eigenvalue weighted by Crippen LogP contribution is -2.69. The standard InChI is InChI=1S/C29H28N2O7/c1-2-36-26(33)29(18-23(30)32)27(34)38-25(22-16-10-5-11-17-22)24(21-14-8-4-9-15-21)31(29)28(35)37-19-20-12-6-3-7-13-20/h3-17,24-25H,2,18-19H2,1H3,(H2,30,32)/t24-,25+,29-/m1/s1. The summed E-state index contributed by atoms with van der Waals surface area (Å²) in [6.07, 6.45) is -2.88. The van der Waals surface area contributed by atoms with Gasteiger partial charge in [-0.1, -0.05) is 91.0 Å². The Hall–Kier alpha value is -4.66. The third-order valence-corrected chi connectivity index (χ3v) is 6.26. The van der Waals surface area contributed by atoms with Crippen LogP contribution in [0, 0.1) is 0 Å². The number of carbonyl (C=O) groups excluding carboxylic acids is 4. The largest absolute Gasteiger partial charge is 0.464 e. The number of amides is 2. The minimum atomic E-state index is -2.50. The first-order chi connectivity index (χ1) is 18.4. The van der Waals surface area contributed by atoms with Crippen LogP contribution in [0.2, 0.25) is 0 Å². The smallest absolute Gasteiger partial charge is 0.412 e. The number of benzene rings is 3. The molecular weight excluding hydrogens is 488 g/mol. The molecule has 0 saturated carbocycles. The van der Waals surface area contributed by atoms with Crippen molar-refractivity contribution in [3.05, 3.63) is 108 Å². The van der Waals surface area contributed by atoms with Crippen molar-refractivity contribution in [2.24, 2.45) is 5.73 Å². The highest BCUT2D eigenvalue weighted by molar-refractivity contribution is 6.11. The van der Waals surface area contributed by atoms with E-state index in [-0.39, 0.29) is 13.2 Å². The van der Waals surface area contributed by atoms with E-state index in [1.165, 1.54) is 0 Å². The molecule has 2 amide bonds. The molecule has 1 fully saturated rings. The minimum absolute atomic E-state index is 0.113. The van der Waals surface area contributed by atoms with Crippen LogP contribution in [0.25, 0.3) is 0 Å². The van der Waals surface area contributed by atoms with Crippen molar-refractivity contribution in [3.8, 4) is 0 Å². The van der Waals surface area contributed by atoms with E-state index in [1.54, 1.807) is 91.9 Å². The number of nitrogens with two attached hydrogens (primary N) is 1. The molecule has 9 nitrogen and oxygen atoms in total. The average molecular weight is 517 g/mol. The van der Waals surface area contributed by atoms with Crippen LogP contribution < -0.4 is 5.73 Å². The van der Waals surface area contributed by atoms with Gasteiger partial charge >= 0.3 is 18.0 Å². The van der Waals surface area contributed by atoms with Crippen molar-refractivity contribution in [2.45, 2.75) is 37.6 Å². The van der Waals surface area contributed by atoms with Gasteiger partial charge in [0.2, 0.25) is 5.91 Å². The maximum atomic E-state index is 13.9. The van der Waals surface area contributed by atoms with Gasteiger partial charge in [-0.05, 0) is 23.6 Å². The highest BCUT2D eigenvalue weighted by Crippen LogP contribution is 2.47. The van der Waals surface area contributed by atoms with Gasteiger partial charge < -0.3 is 19.9 Å². The van der Waals surface area contributed by atoms with Gasteiger partial charge in [0, 0.05) is 0 Å². The first-order valence-corrected chi connectivity index (χ1v) is 12.1. The second-order valence-corrected chi connectivity index (χ2v) is 8.73. The van der Waals surface area contributed by atoms with Gasteiger partial charge in [-0.15, -0.1) is 0 Å². The van der Waals surface area contributed by atoms with Gasteiger partial charge in [0.15, 0.2) is 6.10 Å². The van der Waals surface area contributed by atoms with Crippen LogP contribution in [0.1, 0.15) is 42.2 Å². The third-order valence-electron chi connectivity index (χ3n) is 6.26. The minimum Gasteiger partial charge on any atom is -0.464 e. The fourth-order valence-corrected chi connectivity index (χ4v) is 4.59. The van der Waals surface area contributed by atoms with E-state index in [4.69, 9.17) is 19.9 Å². The van der Waals surface area contributed by atoms with Crippen LogP contribution in [0.4, 0.5) is 4.79 Å². The van der Waals surface area contributed by atoms with Crippen LogP contribution >= 0.6 is 0 Å². The maximum absolute atomic E-state index is 13.9. The van der Waals surface area contributed by atoms with E-state index in [2.05, 4.69) is 0 Å². The summed E-state index contributed by atoms with van der Waals surface area (Å²) in [6.45, 7) is 1.29. The zero-order valence-corrected chi connectivity index (χ0v) is 20.8. The molecule has 0 aliphatic carbocycles. The number of morpholine rings is 1. The van der Waals surface area contributed by atoms with Gasteiger partial charge in [-0.2, -0.15) is 0 Å². The Labute approximate surface area is 220 Å². The Morgan fingerprint density at radius 3 is 1.97 bits per heavy atom. The van der Waals surface area contributed by atoms with Crippen LogP contribution in [0.15, 0.2) is 91.0 Å². The number of hydrogen-bond donors (Lipinski definition) is 1. The molecule has 1 saturated heterocycles. The molecule has 3 aromatic rings.